The third-order valence-electron chi connectivity index (χ3n) is 2.28. The van der Waals surface area contributed by atoms with Gasteiger partial charge in [0.25, 0.3) is 0 Å². The highest BCUT2D eigenvalue weighted by atomic mass is 15.2. The lowest BCUT2D eigenvalue weighted by Gasteiger charge is -2.20. The van der Waals surface area contributed by atoms with Crippen LogP contribution in [0.15, 0.2) is 0 Å². The summed E-state index contributed by atoms with van der Waals surface area (Å²) in [6.45, 7) is 4.41. The third kappa shape index (κ3) is 1.43. The molecule has 0 spiro atoms. The Morgan fingerprint density at radius 2 is 2.33 bits per heavy atom. The van der Waals surface area contributed by atoms with Crippen molar-refractivity contribution in [3.05, 3.63) is 0 Å². The second-order valence-electron chi connectivity index (χ2n) is 3.20. The van der Waals surface area contributed by atoms with Crippen molar-refractivity contribution in [3.8, 4) is 0 Å². The highest BCUT2D eigenvalue weighted by Gasteiger charge is 2.30. The smallest absolute Gasteiger partial charge is 0.0292 e. The van der Waals surface area contributed by atoms with E-state index in [1.807, 2.05) is 0 Å². The molecule has 1 unspecified atom stereocenters. The highest BCUT2D eigenvalue weighted by Crippen LogP contribution is 2.19. The molecule has 1 fully saturated rings. The van der Waals surface area contributed by atoms with Gasteiger partial charge in [-0.15, -0.1) is 0 Å². The van der Waals surface area contributed by atoms with Gasteiger partial charge in [0.15, 0.2) is 0 Å². The molecule has 1 rings (SSSR count). The van der Waals surface area contributed by atoms with Gasteiger partial charge in [-0.1, -0.05) is 6.92 Å². The molecule has 0 saturated carbocycles. The second-order valence-corrected chi connectivity index (χ2v) is 3.20. The summed E-state index contributed by atoms with van der Waals surface area (Å²) in [5.74, 6) is 0. The number of nitrogens with zero attached hydrogens (tertiary/aromatic N) is 1. The lowest BCUT2D eigenvalue weighted by atomic mass is 9.97. The molecule has 0 aromatic carbocycles. The maximum absolute atomic E-state index is 6.01. The Morgan fingerprint density at radius 3 is 2.56 bits per heavy atom. The van der Waals surface area contributed by atoms with Crippen LogP contribution in [0.2, 0.25) is 0 Å². The Hall–Kier alpha value is -0.0800. The van der Waals surface area contributed by atoms with Crippen molar-refractivity contribution < 1.29 is 0 Å². The van der Waals surface area contributed by atoms with Crippen LogP contribution < -0.4 is 5.73 Å². The van der Waals surface area contributed by atoms with Crippen LogP contribution in [0, 0.1) is 0 Å². The molecule has 2 nitrogen and oxygen atoms in total. The van der Waals surface area contributed by atoms with E-state index in [0.29, 0.717) is 0 Å². The lowest BCUT2D eigenvalue weighted by Crippen LogP contribution is -2.41. The number of hydrogen-bond donors (Lipinski definition) is 1. The number of likely N-dealkylation sites (N-methyl/N-ethyl adjacent to an activating group) is 1. The van der Waals surface area contributed by atoms with Crippen molar-refractivity contribution in [1.82, 2.24) is 4.90 Å². The van der Waals surface area contributed by atoms with E-state index in [1.54, 1.807) is 0 Å². The fourth-order valence-corrected chi connectivity index (χ4v) is 1.40. The number of likely N-dealkylation sites (tertiary alicyclic amines) is 1. The molecule has 1 aliphatic heterocycles. The molecule has 0 radical (unpaired) electrons. The second kappa shape index (κ2) is 2.27. The van der Waals surface area contributed by atoms with E-state index in [4.69, 9.17) is 5.73 Å². The van der Waals surface area contributed by atoms with Crippen LogP contribution in [0.3, 0.4) is 0 Å². The number of rotatable bonds is 1. The Balaban J connectivity index is 2.45. The van der Waals surface area contributed by atoms with E-state index in [1.165, 1.54) is 13.0 Å². The van der Waals surface area contributed by atoms with Gasteiger partial charge in [-0.3, -0.25) is 0 Å². The van der Waals surface area contributed by atoms with Crippen LogP contribution in [0.25, 0.3) is 0 Å². The average molecular weight is 128 g/mol. The fraction of sp³-hybridized carbons (Fsp3) is 1.00. The molecule has 9 heavy (non-hydrogen) atoms. The van der Waals surface area contributed by atoms with Crippen molar-refractivity contribution in [2.24, 2.45) is 5.73 Å². The number of nitrogens with two attached hydrogens (primary N) is 1. The summed E-state index contributed by atoms with van der Waals surface area (Å²) in [4.78, 5) is 2.30. The largest absolute Gasteiger partial charge is 0.324 e. The third-order valence-corrected chi connectivity index (χ3v) is 2.28. The Bertz CT molecular complexity index is 103. The average Bonchev–Trinajstić information content (AvgIpc) is 2.13. The zero-order valence-electron chi connectivity index (χ0n) is 6.35. The summed E-state index contributed by atoms with van der Waals surface area (Å²) < 4.78 is 0. The van der Waals surface area contributed by atoms with Crippen LogP contribution in [-0.4, -0.2) is 30.6 Å². The van der Waals surface area contributed by atoms with Crippen LogP contribution in [-0.2, 0) is 0 Å². The van der Waals surface area contributed by atoms with Gasteiger partial charge in [0, 0.05) is 12.1 Å². The summed E-state index contributed by atoms with van der Waals surface area (Å²) in [5, 5.41) is 0. The van der Waals surface area contributed by atoms with Gasteiger partial charge in [0.05, 0.1) is 0 Å². The van der Waals surface area contributed by atoms with Gasteiger partial charge >= 0.3 is 0 Å². The summed E-state index contributed by atoms with van der Waals surface area (Å²) in [5.41, 5.74) is 6.14. The molecule has 1 aliphatic rings. The zero-order chi connectivity index (χ0) is 6.91. The lowest BCUT2D eigenvalue weighted by molar-refractivity contribution is 0.362. The van der Waals surface area contributed by atoms with Crippen molar-refractivity contribution in [2.75, 3.05) is 20.1 Å². The SMILES string of the molecule is CCC1(N)CCN(C)C1. The van der Waals surface area contributed by atoms with Crippen molar-refractivity contribution >= 4 is 0 Å². The van der Waals surface area contributed by atoms with Crippen LogP contribution in [0.4, 0.5) is 0 Å². The predicted octanol–water partition coefficient (Wildman–Crippen LogP) is 0.429. The van der Waals surface area contributed by atoms with Crippen LogP contribution >= 0.6 is 0 Å². The van der Waals surface area contributed by atoms with Gasteiger partial charge in [0.2, 0.25) is 0 Å². The van der Waals surface area contributed by atoms with E-state index in [9.17, 15) is 0 Å². The van der Waals surface area contributed by atoms with E-state index in [-0.39, 0.29) is 5.54 Å². The molecule has 2 N–H and O–H groups in total. The monoisotopic (exact) mass is 128 g/mol. The first-order valence-corrected chi connectivity index (χ1v) is 3.64. The first kappa shape index (κ1) is 7.03. The number of hydrogen-bond acceptors (Lipinski definition) is 2. The van der Waals surface area contributed by atoms with Gasteiger partial charge in [-0.2, -0.15) is 0 Å². The van der Waals surface area contributed by atoms with E-state index < -0.39 is 0 Å². The Labute approximate surface area is 57.0 Å². The van der Waals surface area contributed by atoms with Crippen LogP contribution in [0.5, 0.6) is 0 Å². The van der Waals surface area contributed by atoms with E-state index >= 15 is 0 Å². The molecular weight excluding hydrogens is 112 g/mol. The molecule has 1 atom stereocenters. The van der Waals surface area contributed by atoms with Crippen molar-refractivity contribution in [1.29, 1.82) is 0 Å². The highest BCUT2D eigenvalue weighted by molar-refractivity contribution is 4.91. The van der Waals surface area contributed by atoms with Gasteiger partial charge in [0.1, 0.15) is 0 Å². The summed E-state index contributed by atoms with van der Waals surface area (Å²) >= 11 is 0. The van der Waals surface area contributed by atoms with Gasteiger partial charge < -0.3 is 10.6 Å². The quantitative estimate of drug-likeness (QED) is 0.555. The van der Waals surface area contributed by atoms with Gasteiger partial charge in [-0.25, -0.2) is 0 Å². The molecule has 0 aromatic heterocycles. The molecule has 0 aliphatic carbocycles. The first-order valence-electron chi connectivity index (χ1n) is 3.64. The van der Waals surface area contributed by atoms with Crippen molar-refractivity contribution in [3.63, 3.8) is 0 Å². The topological polar surface area (TPSA) is 29.3 Å². The Kier molecular flexibility index (Phi) is 1.78. The minimum atomic E-state index is 0.134. The summed E-state index contributed by atoms with van der Waals surface area (Å²) in [7, 11) is 2.13. The predicted molar refractivity (Wildman–Crippen MR) is 39.3 cm³/mol. The normalized spacial score (nSPS) is 37.7. The molecular formula is C7H16N2. The molecule has 0 aromatic rings. The maximum Gasteiger partial charge on any atom is 0.0292 e. The molecule has 0 bridgehead atoms. The molecule has 2 heteroatoms. The molecule has 0 amide bonds. The molecule has 1 heterocycles. The maximum atomic E-state index is 6.01. The van der Waals surface area contributed by atoms with Gasteiger partial charge in [-0.05, 0) is 26.4 Å². The summed E-state index contributed by atoms with van der Waals surface area (Å²) in [6.07, 6.45) is 2.28. The summed E-state index contributed by atoms with van der Waals surface area (Å²) in [6, 6.07) is 0. The molecule has 1 saturated heterocycles. The minimum absolute atomic E-state index is 0.134. The van der Waals surface area contributed by atoms with Crippen LogP contribution in [0.1, 0.15) is 19.8 Å². The minimum Gasteiger partial charge on any atom is -0.324 e. The first-order chi connectivity index (χ1) is 4.16. The van der Waals surface area contributed by atoms with E-state index in [0.717, 1.165) is 13.0 Å². The Morgan fingerprint density at radius 1 is 1.67 bits per heavy atom. The standard InChI is InChI=1S/C7H16N2/c1-3-7(8)4-5-9(2)6-7/h3-6,8H2,1-2H3. The molecule has 54 valence electrons. The fourth-order valence-electron chi connectivity index (χ4n) is 1.40. The zero-order valence-corrected chi connectivity index (χ0v) is 6.35. The van der Waals surface area contributed by atoms with E-state index in [2.05, 4.69) is 18.9 Å². The van der Waals surface area contributed by atoms with Crippen molar-refractivity contribution in [2.45, 2.75) is 25.3 Å².